The van der Waals surface area contributed by atoms with E-state index in [1.165, 1.54) is 0 Å². The van der Waals surface area contributed by atoms with Crippen molar-refractivity contribution in [2.45, 2.75) is 12.5 Å². The van der Waals surface area contributed by atoms with Crippen LogP contribution in [-0.2, 0) is 0 Å². The van der Waals surface area contributed by atoms with Crippen molar-refractivity contribution in [1.82, 2.24) is 0 Å². The number of nitrogens with one attached hydrogen (secondary N) is 2. The normalized spacial score (nSPS) is 14.2. The third kappa shape index (κ3) is 4.03. The molecule has 0 saturated carbocycles. The van der Waals surface area contributed by atoms with Gasteiger partial charge in [-0.15, -0.1) is 0 Å². The van der Waals surface area contributed by atoms with E-state index in [0.717, 1.165) is 0 Å². The van der Waals surface area contributed by atoms with E-state index >= 15 is 0 Å². The van der Waals surface area contributed by atoms with E-state index in [2.05, 4.69) is 10.6 Å². The smallest absolute Gasteiger partial charge is 0.147 e. The number of aliphatic hydroxyl groups excluding tert-OH is 4. The number of hydrogen-bond acceptors (Lipinski definition) is 6. The summed E-state index contributed by atoms with van der Waals surface area (Å²) in [6.45, 7) is -0.784. The van der Waals surface area contributed by atoms with E-state index in [9.17, 15) is 0 Å². The van der Waals surface area contributed by atoms with Gasteiger partial charge in [-0.1, -0.05) is 6.07 Å². The van der Waals surface area contributed by atoms with Gasteiger partial charge in [-0.25, -0.2) is 0 Å². The van der Waals surface area contributed by atoms with Crippen molar-refractivity contribution in [2.24, 2.45) is 0 Å². The zero-order chi connectivity index (χ0) is 12.0. The molecule has 0 aromatic heterocycles. The molecule has 0 spiro atoms. The minimum absolute atomic E-state index is 0.392. The first-order valence-electron chi connectivity index (χ1n) is 4.86. The molecule has 0 radical (unpaired) electrons. The zero-order valence-electron chi connectivity index (χ0n) is 8.67. The Hall–Kier alpha value is -1.34. The van der Waals surface area contributed by atoms with Gasteiger partial charge in [0.15, 0.2) is 0 Å². The number of rotatable bonds is 6. The molecule has 16 heavy (non-hydrogen) atoms. The van der Waals surface area contributed by atoms with Crippen LogP contribution in [0.25, 0.3) is 0 Å². The van der Waals surface area contributed by atoms with Gasteiger partial charge in [-0.2, -0.15) is 0 Å². The molecule has 0 bridgehead atoms. The average Bonchev–Trinajstić information content (AvgIpc) is 2.29. The summed E-state index contributed by atoms with van der Waals surface area (Å²) in [5, 5.41) is 40.9. The van der Waals surface area contributed by atoms with E-state index in [4.69, 9.17) is 20.4 Å². The topological polar surface area (TPSA) is 105 Å². The maximum Gasteiger partial charge on any atom is 0.147 e. The Balaban J connectivity index is 2.63. The van der Waals surface area contributed by atoms with Gasteiger partial charge in [-0.05, 0) is 18.2 Å². The fraction of sp³-hybridized carbons (Fsp3) is 0.400. The van der Waals surface area contributed by atoms with Crippen molar-refractivity contribution in [3.8, 4) is 0 Å². The van der Waals surface area contributed by atoms with E-state index in [1.807, 2.05) is 0 Å². The Morgan fingerprint density at radius 3 is 1.75 bits per heavy atom. The minimum Gasteiger partial charge on any atom is -0.392 e. The van der Waals surface area contributed by atoms with Gasteiger partial charge in [0, 0.05) is 11.4 Å². The van der Waals surface area contributed by atoms with Crippen LogP contribution in [0.15, 0.2) is 24.3 Å². The second kappa shape index (κ2) is 6.29. The largest absolute Gasteiger partial charge is 0.392 e. The van der Waals surface area contributed by atoms with Gasteiger partial charge in [0.05, 0.1) is 13.2 Å². The Morgan fingerprint density at radius 1 is 0.938 bits per heavy atom. The molecule has 6 nitrogen and oxygen atoms in total. The first kappa shape index (κ1) is 12.7. The van der Waals surface area contributed by atoms with Crippen LogP contribution in [0.1, 0.15) is 0 Å². The molecular weight excluding hydrogens is 212 g/mol. The molecule has 2 unspecified atom stereocenters. The summed E-state index contributed by atoms with van der Waals surface area (Å²) < 4.78 is 0. The van der Waals surface area contributed by atoms with E-state index < -0.39 is 25.7 Å². The van der Waals surface area contributed by atoms with Gasteiger partial charge in [-0.3, -0.25) is 0 Å². The highest BCUT2D eigenvalue weighted by Gasteiger charge is 2.04. The van der Waals surface area contributed by atoms with Crippen molar-refractivity contribution in [1.29, 1.82) is 0 Å². The third-order valence-electron chi connectivity index (χ3n) is 1.88. The lowest BCUT2D eigenvalue weighted by Gasteiger charge is -2.15. The second-order valence-electron chi connectivity index (χ2n) is 3.27. The number of benzene rings is 1. The van der Waals surface area contributed by atoms with Crippen LogP contribution in [-0.4, -0.2) is 46.1 Å². The number of anilines is 2. The molecule has 1 rings (SSSR count). The molecule has 1 aromatic rings. The molecule has 6 N–H and O–H groups in total. The average molecular weight is 228 g/mol. The summed E-state index contributed by atoms with van der Waals surface area (Å²) in [6, 6.07) is 6.75. The predicted octanol–water partition coefficient (Wildman–Crippen LogP) is -0.868. The maximum atomic E-state index is 9.16. The molecule has 1 aromatic carbocycles. The fourth-order valence-corrected chi connectivity index (χ4v) is 1.17. The summed E-state index contributed by atoms with van der Waals surface area (Å²) in [4.78, 5) is 0. The monoisotopic (exact) mass is 228 g/mol. The summed E-state index contributed by atoms with van der Waals surface area (Å²) in [5.41, 5.74) is 1.19. The van der Waals surface area contributed by atoms with E-state index in [-0.39, 0.29) is 0 Å². The van der Waals surface area contributed by atoms with Crippen LogP contribution in [0.3, 0.4) is 0 Å². The number of hydrogen-bond donors (Lipinski definition) is 6. The van der Waals surface area contributed by atoms with Crippen LogP contribution in [0.5, 0.6) is 0 Å². The summed E-state index contributed by atoms with van der Waals surface area (Å²) in [7, 11) is 0. The lowest BCUT2D eigenvalue weighted by Crippen LogP contribution is -2.24. The molecule has 0 aliphatic carbocycles. The Morgan fingerprint density at radius 2 is 1.38 bits per heavy atom. The second-order valence-corrected chi connectivity index (χ2v) is 3.27. The zero-order valence-corrected chi connectivity index (χ0v) is 8.67. The summed E-state index contributed by atoms with van der Waals surface area (Å²) in [6.07, 6.45) is -2.06. The summed E-state index contributed by atoms with van der Waals surface area (Å²) in [5.74, 6) is 0. The minimum atomic E-state index is -1.03. The molecular formula is C10H16N2O4. The van der Waals surface area contributed by atoms with Crippen LogP contribution < -0.4 is 10.6 Å². The quantitative estimate of drug-likeness (QED) is 0.354. The standard InChI is InChI=1S/C10H16N2O4/c13-5-9(15)11-7-2-1-3-8(4-7)12-10(16)6-14/h1-4,9-16H,5-6H2. The summed E-state index contributed by atoms with van der Waals surface area (Å²) >= 11 is 0. The van der Waals surface area contributed by atoms with Crippen molar-refractivity contribution in [3.05, 3.63) is 24.3 Å². The molecule has 0 saturated heterocycles. The molecule has 0 aliphatic rings. The lowest BCUT2D eigenvalue weighted by molar-refractivity contribution is 0.116. The fourth-order valence-electron chi connectivity index (χ4n) is 1.17. The molecule has 0 amide bonds. The van der Waals surface area contributed by atoms with E-state index in [0.29, 0.717) is 11.4 Å². The molecule has 90 valence electrons. The van der Waals surface area contributed by atoms with Crippen LogP contribution >= 0.6 is 0 Å². The lowest BCUT2D eigenvalue weighted by atomic mass is 10.2. The molecule has 0 heterocycles. The number of aliphatic hydroxyl groups is 4. The maximum absolute atomic E-state index is 9.16. The van der Waals surface area contributed by atoms with Crippen LogP contribution in [0.4, 0.5) is 11.4 Å². The molecule has 0 fully saturated rings. The predicted molar refractivity (Wildman–Crippen MR) is 59.9 cm³/mol. The Kier molecular flexibility index (Phi) is 5.00. The Bertz CT molecular complexity index is 294. The van der Waals surface area contributed by atoms with Gasteiger partial charge < -0.3 is 31.1 Å². The molecule has 2 atom stereocenters. The third-order valence-corrected chi connectivity index (χ3v) is 1.88. The van der Waals surface area contributed by atoms with Gasteiger partial charge >= 0.3 is 0 Å². The first-order valence-corrected chi connectivity index (χ1v) is 4.86. The van der Waals surface area contributed by atoms with Crippen molar-refractivity contribution in [3.63, 3.8) is 0 Å². The van der Waals surface area contributed by atoms with Crippen molar-refractivity contribution >= 4 is 11.4 Å². The van der Waals surface area contributed by atoms with Crippen molar-refractivity contribution in [2.75, 3.05) is 23.8 Å². The Labute approximate surface area is 93.2 Å². The van der Waals surface area contributed by atoms with Gasteiger partial charge in [0.1, 0.15) is 12.5 Å². The molecule has 6 heteroatoms. The van der Waals surface area contributed by atoms with Crippen LogP contribution in [0, 0.1) is 0 Å². The first-order chi connectivity index (χ1) is 7.65. The highest BCUT2D eigenvalue weighted by molar-refractivity contribution is 5.57. The van der Waals surface area contributed by atoms with Gasteiger partial charge in [0.2, 0.25) is 0 Å². The van der Waals surface area contributed by atoms with Crippen molar-refractivity contribution < 1.29 is 20.4 Å². The van der Waals surface area contributed by atoms with Crippen LogP contribution in [0.2, 0.25) is 0 Å². The van der Waals surface area contributed by atoms with Gasteiger partial charge in [0.25, 0.3) is 0 Å². The highest BCUT2D eigenvalue weighted by atomic mass is 16.3. The molecule has 0 aliphatic heterocycles. The highest BCUT2D eigenvalue weighted by Crippen LogP contribution is 2.15. The van der Waals surface area contributed by atoms with E-state index in [1.54, 1.807) is 24.3 Å². The SMILES string of the molecule is OCC(O)Nc1cccc(NC(O)CO)c1.